The maximum atomic E-state index is 13.1. The molecule has 170 valence electrons. The van der Waals surface area contributed by atoms with Gasteiger partial charge >= 0.3 is 30.0 Å². The van der Waals surface area contributed by atoms with Crippen LogP contribution in [0, 0.1) is 10.1 Å². The van der Waals surface area contributed by atoms with Crippen molar-refractivity contribution in [2.24, 2.45) is 5.10 Å². The number of nitro groups is 1. The number of hydrazone groups is 1. The van der Waals surface area contributed by atoms with E-state index in [2.05, 4.69) is 25.8 Å². The Kier molecular flexibility index (Phi) is 7.69. The van der Waals surface area contributed by atoms with Crippen LogP contribution in [-0.4, -0.2) is 40.6 Å². The third-order valence-corrected chi connectivity index (χ3v) is 3.95. The maximum absolute atomic E-state index is 13.1. The van der Waals surface area contributed by atoms with E-state index in [0.29, 0.717) is 0 Å². The molecule has 0 bridgehead atoms. The van der Waals surface area contributed by atoms with Crippen LogP contribution in [-0.2, 0) is 9.59 Å². The summed E-state index contributed by atoms with van der Waals surface area (Å²) < 4.78 is 55.0. The molecule has 0 saturated heterocycles. The molecule has 2 aromatic carbocycles. The average Bonchev–Trinajstić information content (AvgIpc) is 2.71. The zero-order valence-corrected chi connectivity index (χ0v) is 17.0. The van der Waals surface area contributed by atoms with Gasteiger partial charge < -0.3 is 15.2 Å². The van der Waals surface area contributed by atoms with Gasteiger partial charge in [-0.15, -0.1) is 0 Å². The van der Waals surface area contributed by atoms with Gasteiger partial charge in [-0.2, -0.15) is 22.7 Å². The largest absolute Gasteiger partial charge is 0.502 e. The summed E-state index contributed by atoms with van der Waals surface area (Å²) in [7, 11) is 0. The number of carbonyl (C=O) groups excluding carboxylic acids is 2. The van der Waals surface area contributed by atoms with Crippen molar-refractivity contribution in [3.8, 4) is 11.5 Å². The van der Waals surface area contributed by atoms with E-state index in [0.717, 1.165) is 24.4 Å². The Bertz CT molecular complexity index is 1080. The Balaban J connectivity index is 2.10. The van der Waals surface area contributed by atoms with Crippen LogP contribution >= 0.6 is 15.9 Å². The first-order valence-corrected chi connectivity index (χ1v) is 8.97. The molecule has 0 radical (unpaired) electrons. The van der Waals surface area contributed by atoms with E-state index >= 15 is 0 Å². The van der Waals surface area contributed by atoms with E-state index in [1.54, 1.807) is 5.43 Å². The molecule has 10 nitrogen and oxygen atoms in total. The smallest absolute Gasteiger partial charge is 0.461 e. The number of rotatable bonds is 7. The van der Waals surface area contributed by atoms with E-state index in [1.807, 2.05) is 5.32 Å². The standard InChI is InChI=1S/C17H11BrF4N4O6/c18-9-5-8(13(27)11(6-9)26(30)31)7-23-25-15(29)14(28)24-10-3-1-2-4-12(10)32-17(21,22)16(19)20/h1-7,16,27H,(H,24,28)(H,25,29)/b23-7+. The van der Waals surface area contributed by atoms with Crippen molar-refractivity contribution in [2.75, 3.05) is 5.32 Å². The van der Waals surface area contributed by atoms with E-state index < -0.39 is 52.1 Å². The van der Waals surface area contributed by atoms with Gasteiger partial charge in [0, 0.05) is 16.1 Å². The molecule has 0 unspecified atom stereocenters. The summed E-state index contributed by atoms with van der Waals surface area (Å²) in [5, 5.41) is 26.0. The summed E-state index contributed by atoms with van der Waals surface area (Å²) in [6.07, 6.45) is -8.19. The number of ether oxygens (including phenoxy) is 1. The molecule has 0 fully saturated rings. The minimum Gasteiger partial charge on any atom is -0.502 e. The second kappa shape index (κ2) is 10.0. The zero-order chi connectivity index (χ0) is 24.1. The third-order valence-electron chi connectivity index (χ3n) is 3.49. The molecule has 0 aromatic heterocycles. The number of nitrogens with zero attached hydrogens (tertiary/aromatic N) is 2. The van der Waals surface area contributed by atoms with E-state index in [-0.39, 0.29) is 10.0 Å². The lowest BCUT2D eigenvalue weighted by molar-refractivity contribution is -0.385. The van der Waals surface area contributed by atoms with Gasteiger partial charge in [-0.05, 0) is 18.2 Å². The summed E-state index contributed by atoms with van der Waals surface area (Å²) >= 11 is 2.99. The first kappa shape index (κ1) is 24.5. The number of phenols is 1. The molecule has 32 heavy (non-hydrogen) atoms. The Labute approximate surface area is 184 Å². The van der Waals surface area contributed by atoms with E-state index in [4.69, 9.17) is 0 Å². The van der Waals surface area contributed by atoms with Crippen molar-refractivity contribution in [3.05, 3.63) is 56.5 Å². The highest BCUT2D eigenvalue weighted by Gasteiger charge is 2.44. The maximum Gasteiger partial charge on any atom is 0.461 e. The van der Waals surface area contributed by atoms with Gasteiger partial charge in [0.05, 0.1) is 16.8 Å². The molecule has 0 atom stereocenters. The number of nitro benzene ring substituents is 1. The summed E-state index contributed by atoms with van der Waals surface area (Å²) in [5.41, 5.74) is 0.412. The van der Waals surface area contributed by atoms with Gasteiger partial charge in [0.25, 0.3) is 0 Å². The molecular formula is C17H11BrF4N4O6. The van der Waals surface area contributed by atoms with Crippen LogP contribution in [0.1, 0.15) is 5.56 Å². The molecule has 0 heterocycles. The van der Waals surface area contributed by atoms with Crippen LogP contribution in [0.15, 0.2) is 46.0 Å². The van der Waals surface area contributed by atoms with Gasteiger partial charge in [0.2, 0.25) is 5.75 Å². The third kappa shape index (κ3) is 6.13. The Morgan fingerprint density at radius 1 is 1.25 bits per heavy atom. The molecule has 3 N–H and O–H groups in total. The highest BCUT2D eigenvalue weighted by atomic mass is 79.9. The number of hydrogen-bond acceptors (Lipinski definition) is 7. The van der Waals surface area contributed by atoms with Crippen molar-refractivity contribution in [3.63, 3.8) is 0 Å². The van der Waals surface area contributed by atoms with E-state index in [9.17, 15) is 42.4 Å². The van der Waals surface area contributed by atoms with Gasteiger partial charge in [0.1, 0.15) is 5.75 Å². The summed E-state index contributed by atoms with van der Waals surface area (Å²) in [4.78, 5) is 33.8. The lowest BCUT2D eigenvalue weighted by Gasteiger charge is -2.19. The first-order chi connectivity index (χ1) is 14.9. The van der Waals surface area contributed by atoms with Crippen molar-refractivity contribution >= 4 is 45.3 Å². The molecule has 2 rings (SSSR count). The second-order valence-electron chi connectivity index (χ2n) is 5.73. The number of para-hydroxylation sites is 2. The lowest BCUT2D eigenvalue weighted by atomic mass is 10.2. The summed E-state index contributed by atoms with van der Waals surface area (Å²) in [5.74, 6) is -4.43. The fraction of sp³-hybridized carbons (Fsp3) is 0.118. The van der Waals surface area contributed by atoms with Gasteiger partial charge in [-0.3, -0.25) is 19.7 Å². The van der Waals surface area contributed by atoms with Crippen LogP contribution in [0.5, 0.6) is 11.5 Å². The molecule has 0 aliphatic rings. The molecule has 2 aromatic rings. The van der Waals surface area contributed by atoms with Crippen LogP contribution in [0.3, 0.4) is 0 Å². The molecular weight excluding hydrogens is 512 g/mol. The van der Waals surface area contributed by atoms with Crippen molar-refractivity contribution in [1.82, 2.24) is 5.43 Å². The molecule has 0 aliphatic heterocycles. The van der Waals surface area contributed by atoms with Gasteiger partial charge in [0.15, 0.2) is 0 Å². The Hall–Kier alpha value is -3.75. The fourth-order valence-electron chi connectivity index (χ4n) is 2.08. The Morgan fingerprint density at radius 2 is 1.91 bits per heavy atom. The quantitative estimate of drug-likeness (QED) is 0.167. The number of carbonyl (C=O) groups is 2. The number of halogens is 5. The molecule has 2 amide bonds. The number of amides is 2. The zero-order valence-electron chi connectivity index (χ0n) is 15.4. The summed E-state index contributed by atoms with van der Waals surface area (Å²) in [6, 6.07) is 6.56. The molecule has 0 spiro atoms. The lowest BCUT2D eigenvalue weighted by Crippen LogP contribution is -2.35. The highest BCUT2D eigenvalue weighted by molar-refractivity contribution is 9.10. The number of nitrogens with one attached hydrogen (secondary N) is 2. The normalized spacial score (nSPS) is 11.4. The minimum atomic E-state index is -4.85. The monoisotopic (exact) mass is 522 g/mol. The predicted molar refractivity (Wildman–Crippen MR) is 105 cm³/mol. The Morgan fingerprint density at radius 3 is 2.53 bits per heavy atom. The number of anilines is 1. The van der Waals surface area contributed by atoms with Crippen molar-refractivity contribution in [1.29, 1.82) is 0 Å². The van der Waals surface area contributed by atoms with Gasteiger partial charge in [-0.25, -0.2) is 5.43 Å². The average molecular weight is 523 g/mol. The van der Waals surface area contributed by atoms with Crippen LogP contribution in [0.4, 0.5) is 28.9 Å². The number of hydrogen-bond donors (Lipinski definition) is 3. The predicted octanol–water partition coefficient (Wildman–Crippen LogP) is 3.39. The van der Waals surface area contributed by atoms with Crippen LogP contribution in [0.25, 0.3) is 0 Å². The number of phenolic OH excluding ortho intramolecular Hbond substituents is 1. The minimum absolute atomic E-state index is 0.181. The number of benzene rings is 2. The van der Waals surface area contributed by atoms with Crippen LogP contribution < -0.4 is 15.5 Å². The first-order valence-electron chi connectivity index (χ1n) is 8.17. The molecule has 15 heteroatoms. The van der Waals surface area contributed by atoms with Crippen LogP contribution in [0.2, 0.25) is 0 Å². The fourth-order valence-corrected chi connectivity index (χ4v) is 2.55. The van der Waals surface area contributed by atoms with Gasteiger partial charge in [-0.1, -0.05) is 28.1 Å². The van der Waals surface area contributed by atoms with Crippen molar-refractivity contribution in [2.45, 2.75) is 12.5 Å². The molecule has 0 saturated carbocycles. The van der Waals surface area contributed by atoms with Crippen molar-refractivity contribution < 1.29 is 41.9 Å². The number of aromatic hydroxyl groups is 1. The van der Waals surface area contributed by atoms with E-state index in [1.165, 1.54) is 18.2 Å². The molecule has 0 aliphatic carbocycles. The number of alkyl halides is 4. The highest BCUT2D eigenvalue weighted by Crippen LogP contribution is 2.33. The second-order valence-corrected chi connectivity index (χ2v) is 6.65. The SMILES string of the molecule is O=C(N/N=C/c1cc(Br)cc([N+](=O)[O-])c1O)C(=O)Nc1ccccc1OC(F)(F)C(F)F. The topological polar surface area (TPSA) is 143 Å². The summed E-state index contributed by atoms with van der Waals surface area (Å²) in [6.45, 7) is 0.